The van der Waals surface area contributed by atoms with Crippen molar-refractivity contribution >= 4 is 24.5 Å². The van der Waals surface area contributed by atoms with Crippen molar-refractivity contribution in [2.24, 2.45) is 0 Å². The molecule has 0 amide bonds. The van der Waals surface area contributed by atoms with E-state index in [1.165, 1.54) is 10.4 Å². The van der Waals surface area contributed by atoms with Gasteiger partial charge in [-0.2, -0.15) is 0 Å². The lowest BCUT2D eigenvalue weighted by molar-refractivity contribution is -0.130. The van der Waals surface area contributed by atoms with Crippen molar-refractivity contribution in [2.75, 3.05) is 6.61 Å². The first kappa shape index (κ1) is 26.1. The van der Waals surface area contributed by atoms with E-state index >= 15 is 0 Å². The molecule has 0 radical (unpaired) electrons. The van der Waals surface area contributed by atoms with Crippen LogP contribution in [0.5, 0.6) is 0 Å². The minimum atomic E-state index is -2.71. The van der Waals surface area contributed by atoms with Gasteiger partial charge in [-0.3, -0.25) is 9.69 Å². The summed E-state index contributed by atoms with van der Waals surface area (Å²) in [6.07, 6.45) is 1.46. The van der Waals surface area contributed by atoms with Crippen LogP contribution in [0.15, 0.2) is 91.0 Å². The predicted molar refractivity (Wildman–Crippen MR) is 152 cm³/mol. The molecule has 37 heavy (non-hydrogen) atoms. The van der Waals surface area contributed by atoms with E-state index in [4.69, 9.17) is 9.16 Å². The number of fused-ring (bicyclic) bond motifs is 1. The smallest absolute Gasteiger partial charge is 0.261 e. The van der Waals surface area contributed by atoms with E-state index in [9.17, 15) is 4.79 Å². The first-order chi connectivity index (χ1) is 17.8. The van der Waals surface area contributed by atoms with Gasteiger partial charge in [-0.15, -0.1) is 0 Å². The maximum Gasteiger partial charge on any atom is 0.261 e. The Hall–Kier alpha value is -2.57. The molecule has 0 saturated carbocycles. The van der Waals surface area contributed by atoms with Crippen LogP contribution in [0, 0.1) is 0 Å². The Morgan fingerprint density at radius 1 is 0.838 bits per heavy atom. The summed E-state index contributed by atoms with van der Waals surface area (Å²) < 4.78 is 13.7. The van der Waals surface area contributed by atoms with Gasteiger partial charge in [0.1, 0.15) is 6.10 Å². The molecule has 0 spiro atoms. The molecule has 3 aromatic rings. The summed E-state index contributed by atoms with van der Waals surface area (Å²) in [5.74, 6) is 0.219. The molecule has 4 atom stereocenters. The Morgan fingerprint density at radius 2 is 1.38 bits per heavy atom. The molecule has 2 aliphatic heterocycles. The van der Waals surface area contributed by atoms with Crippen LogP contribution in [0.4, 0.5) is 0 Å². The summed E-state index contributed by atoms with van der Waals surface area (Å²) in [6, 6.07) is 31.7. The minimum absolute atomic E-state index is 0.0662. The van der Waals surface area contributed by atoms with Crippen molar-refractivity contribution < 1.29 is 14.0 Å². The molecular formula is C32H39NO3Si. The molecule has 0 bridgehead atoms. The normalized spacial score (nSPS) is 24.4. The number of carbonyl (C=O) groups excluding carboxylic acids is 1. The average Bonchev–Trinajstić information content (AvgIpc) is 3.41. The lowest BCUT2D eigenvalue weighted by Crippen LogP contribution is -2.67. The molecule has 0 aliphatic carbocycles. The Balaban J connectivity index is 1.50. The van der Waals surface area contributed by atoms with Crippen LogP contribution in [-0.4, -0.2) is 49.8 Å². The Labute approximate surface area is 222 Å². The van der Waals surface area contributed by atoms with Crippen LogP contribution in [0.1, 0.15) is 46.1 Å². The quantitative estimate of drug-likeness (QED) is 0.400. The number of nitrogens with zero attached hydrogens (tertiary/aromatic N) is 1. The predicted octanol–water partition coefficient (Wildman–Crippen LogP) is 4.95. The van der Waals surface area contributed by atoms with Crippen molar-refractivity contribution in [1.82, 2.24) is 4.90 Å². The highest BCUT2D eigenvalue weighted by atomic mass is 28.4. The number of hydrogen-bond acceptors (Lipinski definition) is 4. The second-order valence-electron chi connectivity index (χ2n) is 11.6. The van der Waals surface area contributed by atoms with Gasteiger partial charge in [-0.25, -0.2) is 0 Å². The summed E-state index contributed by atoms with van der Waals surface area (Å²) in [4.78, 5) is 16.0. The van der Waals surface area contributed by atoms with Crippen LogP contribution >= 0.6 is 0 Å². The standard InChI is InChI=1S/C32H39NO3Si/c1-24-20-21-28-30(34)31(35-22-25-14-8-5-9-15-25)29(33(24)28)23-36-37(32(2,3)4,26-16-10-6-11-17-26)27-18-12-7-13-19-27/h5-19,24,28-29,31H,20-23H2,1-4H3/t24-,28+,29+,31+/m0/s1. The van der Waals surface area contributed by atoms with Crippen molar-refractivity contribution in [1.29, 1.82) is 0 Å². The average molecular weight is 514 g/mol. The van der Waals surface area contributed by atoms with Gasteiger partial charge < -0.3 is 9.16 Å². The molecule has 0 N–H and O–H groups in total. The molecular weight excluding hydrogens is 474 g/mol. The fourth-order valence-electron chi connectivity index (χ4n) is 6.49. The highest BCUT2D eigenvalue weighted by Crippen LogP contribution is 2.40. The minimum Gasteiger partial charge on any atom is -0.406 e. The van der Waals surface area contributed by atoms with Crippen molar-refractivity contribution in [3.63, 3.8) is 0 Å². The number of carbonyl (C=O) groups is 1. The van der Waals surface area contributed by atoms with E-state index in [1.807, 2.05) is 18.2 Å². The van der Waals surface area contributed by atoms with Gasteiger partial charge in [0.05, 0.1) is 25.3 Å². The molecule has 2 heterocycles. The first-order valence-corrected chi connectivity index (χ1v) is 15.5. The van der Waals surface area contributed by atoms with E-state index in [-0.39, 0.29) is 22.9 Å². The monoisotopic (exact) mass is 513 g/mol. The SMILES string of the molecule is C[C@H]1CC[C@@H]2C(=O)[C@H](OCc3ccccc3)[C@@H](CO[Si](c3ccccc3)(c3ccccc3)C(C)(C)C)N21. The fraction of sp³-hybridized carbons (Fsp3) is 0.406. The molecule has 0 aromatic heterocycles. The second kappa shape index (κ2) is 10.7. The third-order valence-electron chi connectivity index (χ3n) is 8.23. The molecule has 2 saturated heterocycles. The molecule has 0 unspecified atom stereocenters. The van der Waals surface area contributed by atoms with Crippen molar-refractivity contribution in [3.05, 3.63) is 96.6 Å². The zero-order chi connectivity index (χ0) is 26.0. The topological polar surface area (TPSA) is 38.8 Å². The van der Waals surface area contributed by atoms with Crippen molar-refractivity contribution in [3.8, 4) is 0 Å². The second-order valence-corrected chi connectivity index (χ2v) is 15.9. The van der Waals surface area contributed by atoms with E-state index in [0.29, 0.717) is 19.3 Å². The summed E-state index contributed by atoms with van der Waals surface area (Å²) >= 11 is 0. The van der Waals surface area contributed by atoms with E-state index in [2.05, 4.69) is 105 Å². The highest BCUT2D eigenvalue weighted by Gasteiger charge is 2.56. The van der Waals surface area contributed by atoms with E-state index in [1.54, 1.807) is 0 Å². The number of Topliss-reactive ketones (excluding diaryl/α,β-unsaturated/α-hetero) is 1. The number of rotatable bonds is 8. The lowest BCUT2D eigenvalue weighted by Gasteiger charge is -2.44. The number of ether oxygens (including phenoxy) is 1. The molecule has 5 rings (SSSR count). The van der Waals surface area contributed by atoms with Crippen LogP contribution in [0.2, 0.25) is 5.04 Å². The highest BCUT2D eigenvalue weighted by molar-refractivity contribution is 6.99. The maximum absolute atomic E-state index is 13.6. The lowest BCUT2D eigenvalue weighted by atomic mass is 10.0. The molecule has 2 fully saturated rings. The Bertz CT molecular complexity index is 1140. The van der Waals surface area contributed by atoms with Gasteiger partial charge in [-0.05, 0) is 40.7 Å². The first-order valence-electron chi connectivity index (χ1n) is 13.5. The number of hydrogen-bond donors (Lipinski definition) is 0. The summed E-state index contributed by atoms with van der Waals surface area (Å²) in [7, 11) is -2.71. The van der Waals surface area contributed by atoms with Crippen LogP contribution in [0.25, 0.3) is 0 Å². The molecule has 3 aromatic carbocycles. The van der Waals surface area contributed by atoms with Gasteiger partial charge in [0.2, 0.25) is 0 Å². The van der Waals surface area contributed by atoms with Crippen LogP contribution in [0.3, 0.4) is 0 Å². The number of ketones is 1. The summed E-state index contributed by atoms with van der Waals surface area (Å²) in [5, 5.41) is 2.39. The Kier molecular flexibility index (Phi) is 7.50. The fourth-order valence-corrected chi connectivity index (χ4v) is 11.1. The largest absolute Gasteiger partial charge is 0.406 e. The van der Waals surface area contributed by atoms with E-state index in [0.717, 1.165) is 18.4 Å². The van der Waals surface area contributed by atoms with Gasteiger partial charge in [0.15, 0.2) is 5.78 Å². The summed E-state index contributed by atoms with van der Waals surface area (Å²) in [6.45, 7) is 10.0. The number of benzene rings is 3. The zero-order valence-corrected chi connectivity index (χ0v) is 23.5. The molecule has 194 valence electrons. The molecule has 2 aliphatic rings. The van der Waals surface area contributed by atoms with Gasteiger partial charge in [-0.1, -0.05) is 112 Å². The van der Waals surface area contributed by atoms with Crippen LogP contribution < -0.4 is 10.4 Å². The molecule has 5 heteroatoms. The summed E-state index contributed by atoms with van der Waals surface area (Å²) in [5.41, 5.74) is 1.09. The van der Waals surface area contributed by atoms with Crippen molar-refractivity contribution in [2.45, 2.75) is 76.4 Å². The maximum atomic E-state index is 13.6. The third kappa shape index (κ3) is 4.86. The van der Waals surface area contributed by atoms with Gasteiger partial charge in [0, 0.05) is 6.04 Å². The molecule has 4 nitrogen and oxygen atoms in total. The van der Waals surface area contributed by atoms with Gasteiger partial charge >= 0.3 is 0 Å². The van der Waals surface area contributed by atoms with Crippen LogP contribution in [-0.2, 0) is 20.6 Å². The zero-order valence-electron chi connectivity index (χ0n) is 22.5. The van der Waals surface area contributed by atoms with Gasteiger partial charge in [0.25, 0.3) is 8.32 Å². The van der Waals surface area contributed by atoms with E-state index < -0.39 is 14.4 Å². The third-order valence-corrected chi connectivity index (χ3v) is 13.2. The Morgan fingerprint density at radius 3 is 1.92 bits per heavy atom.